The number of thiophene rings is 1. The smallest absolute Gasteiger partial charge is 0.260 e. The average molecular weight is 475 g/mol. The minimum absolute atomic E-state index is 0.0580. The maximum absolute atomic E-state index is 12.9. The molecule has 6 heteroatoms. The van der Waals surface area contributed by atoms with Crippen molar-refractivity contribution in [2.24, 2.45) is 0 Å². The molecule has 0 unspecified atom stereocenters. The third-order valence-corrected chi connectivity index (χ3v) is 7.66. The fourth-order valence-corrected chi connectivity index (χ4v) is 5.76. The van der Waals surface area contributed by atoms with Gasteiger partial charge in [-0.05, 0) is 66.0 Å². The highest BCUT2D eigenvalue weighted by Gasteiger charge is 2.20. The summed E-state index contributed by atoms with van der Waals surface area (Å²) in [5, 5.41) is 0.771. The van der Waals surface area contributed by atoms with Gasteiger partial charge in [0.1, 0.15) is 17.3 Å². The van der Waals surface area contributed by atoms with Crippen LogP contribution in [0.2, 0.25) is 0 Å². The van der Waals surface area contributed by atoms with Crippen molar-refractivity contribution >= 4 is 21.6 Å². The molecule has 176 valence electrons. The van der Waals surface area contributed by atoms with E-state index in [1.807, 2.05) is 18.2 Å². The van der Waals surface area contributed by atoms with E-state index in [0.29, 0.717) is 23.9 Å². The molecule has 0 amide bonds. The number of nitrogens with zero attached hydrogens (tertiary/aromatic N) is 1. The molecule has 4 aromatic rings. The van der Waals surface area contributed by atoms with E-state index in [2.05, 4.69) is 50.0 Å². The Labute approximate surface area is 203 Å². The fraction of sp³-hybridized carbons (Fsp3) is 0.357. The van der Waals surface area contributed by atoms with Gasteiger partial charge in [0.15, 0.2) is 11.5 Å². The minimum atomic E-state index is -0.0580. The number of methoxy groups -OCH3 is 1. The van der Waals surface area contributed by atoms with Gasteiger partial charge in [0.2, 0.25) is 0 Å². The fourth-order valence-electron chi connectivity index (χ4n) is 4.50. The summed E-state index contributed by atoms with van der Waals surface area (Å²) in [7, 11) is 1.62. The topological polar surface area (TPSA) is 64.2 Å². The lowest BCUT2D eigenvalue weighted by Gasteiger charge is -2.19. The molecule has 5 nitrogen and oxygen atoms in total. The SMILES string of the molecule is COc1cc(-c2nc3sc4c(c3c(=O)[nH]2)CCCC4)ccc1OCc1ccc(C(C)(C)C)cc1. The van der Waals surface area contributed by atoms with Gasteiger partial charge < -0.3 is 14.5 Å². The molecule has 1 aliphatic carbocycles. The Morgan fingerprint density at radius 3 is 2.53 bits per heavy atom. The van der Waals surface area contributed by atoms with Crippen LogP contribution in [-0.2, 0) is 24.9 Å². The molecule has 2 heterocycles. The number of aryl methyl sites for hydroxylation is 2. The summed E-state index contributed by atoms with van der Waals surface area (Å²) in [6.07, 6.45) is 4.34. The Morgan fingerprint density at radius 2 is 1.79 bits per heavy atom. The molecule has 1 N–H and O–H groups in total. The summed E-state index contributed by atoms with van der Waals surface area (Å²) in [5.74, 6) is 1.82. The summed E-state index contributed by atoms with van der Waals surface area (Å²) < 4.78 is 11.7. The van der Waals surface area contributed by atoms with Gasteiger partial charge in [-0.15, -0.1) is 11.3 Å². The van der Waals surface area contributed by atoms with Crippen molar-refractivity contribution in [3.8, 4) is 22.9 Å². The van der Waals surface area contributed by atoms with E-state index < -0.39 is 0 Å². The first-order valence-corrected chi connectivity index (χ1v) is 12.6. The molecular weight excluding hydrogens is 444 g/mol. The second-order valence-electron chi connectivity index (χ2n) is 9.91. The second kappa shape index (κ2) is 8.91. The lowest BCUT2D eigenvalue weighted by Crippen LogP contribution is -2.11. The number of rotatable bonds is 5. The van der Waals surface area contributed by atoms with Gasteiger partial charge in [-0.3, -0.25) is 4.79 Å². The highest BCUT2D eigenvalue weighted by Crippen LogP contribution is 2.36. The van der Waals surface area contributed by atoms with Crippen LogP contribution in [0.5, 0.6) is 11.5 Å². The summed E-state index contributed by atoms with van der Waals surface area (Å²) in [6, 6.07) is 14.2. The Bertz CT molecular complexity index is 1390. The van der Waals surface area contributed by atoms with E-state index in [1.54, 1.807) is 18.4 Å². The molecule has 0 saturated carbocycles. The number of benzene rings is 2. The van der Waals surface area contributed by atoms with E-state index in [1.165, 1.54) is 22.4 Å². The third-order valence-electron chi connectivity index (χ3n) is 6.48. The summed E-state index contributed by atoms with van der Waals surface area (Å²) in [4.78, 5) is 22.9. The number of nitrogens with one attached hydrogen (secondary N) is 1. The Balaban J connectivity index is 1.39. The molecule has 0 aliphatic heterocycles. The predicted molar refractivity (Wildman–Crippen MR) is 138 cm³/mol. The van der Waals surface area contributed by atoms with Crippen LogP contribution in [0, 0.1) is 0 Å². The summed E-state index contributed by atoms with van der Waals surface area (Å²) in [6.45, 7) is 7.06. The van der Waals surface area contributed by atoms with Gasteiger partial charge in [-0.1, -0.05) is 45.0 Å². The molecule has 0 spiro atoms. The first kappa shape index (κ1) is 22.7. The molecule has 2 aromatic heterocycles. The van der Waals surface area contributed by atoms with Gasteiger partial charge >= 0.3 is 0 Å². The van der Waals surface area contributed by atoms with Crippen LogP contribution in [0.15, 0.2) is 47.3 Å². The third kappa shape index (κ3) is 4.34. The van der Waals surface area contributed by atoms with E-state index in [-0.39, 0.29) is 11.0 Å². The zero-order valence-corrected chi connectivity index (χ0v) is 21.0. The van der Waals surface area contributed by atoms with Crippen molar-refractivity contribution in [1.82, 2.24) is 9.97 Å². The van der Waals surface area contributed by atoms with E-state index in [0.717, 1.165) is 40.6 Å². The largest absolute Gasteiger partial charge is 0.493 e. The van der Waals surface area contributed by atoms with Crippen LogP contribution in [-0.4, -0.2) is 17.1 Å². The molecule has 34 heavy (non-hydrogen) atoms. The van der Waals surface area contributed by atoms with Crippen LogP contribution < -0.4 is 15.0 Å². The number of fused-ring (bicyclic) bond motifs is 3. The van der Waals surface area contributed by atoms with Crippen molar-refractivity contribution in [1.29, 1.82) is 0 Å². The lowest BCUT2D eigenvalue weighted by molar-refractivity contribution is 0.284. The van der Waals surface area contributed by atoms with Gasteiger partial charge in [-0.25, -0.2) is 4.98 Å². The molecule has 1 aliphatic rings. The van der Waals surface area contributed by atoms with Crippen molar-refractivity contribution in [3.05, 3.63) is 74.4 Å². The first-order valence-electron chi connectivity index (χ1n) is 11.8. The molecule has 0 radical (unpaired) electrons. The average Bonchev–Trinajstić information content (AvgIpc) is 3.21. The van der Waals surface area contributed by atoms with Gasteiger partial charge in [0.05, 0.1) is 12.5 Å². The lowest BCUT2D eigenvalue weighted by atomic mass is 9.87. The molecule has 0 saturated heterocycles. The number of H-pyrrole nitrogens is 1. The summed E-state index contributed by atoms with van der Waals surface area (Å²) in [5.41, 5.74) is 4.45. The van der Waals surface area contributed by atoms with E-state index >= 15 is 0 Å². The number of aromatic amines is 1. The Morgan fingerprint density at radius 1 is 1.03 bits per heavy atom. The van der Waals surface area contributed by atoms with Crippen LogP contribution in [0.4, 0.5) is 0 Å². The Hall–Kier alpha value is -3.12. The number of hydrogen-bond acceptors (Lipinski definition) is 5. The van der Waals surface area contributed by atoms with Crippen molar-refractivity contribution in [3.63, 3.8) is 0 Å². The van der Waals surface area contributed by atoms with Gasteiger partial charge in [0.25, 0.3) is 5.56 Å². The quantitative estimate of drug-likeness (QED) is 0.363. The minimum Gasteiger partial charge on any atom is -0.493 e. The van der Waals surface area contributed by atoms with Crippen molar-refractivity contribution in [2.45, 2.75) is 58.5 Å². The molecular formula is C28H30N2O3S. The number of hydrogen-bond donors (Lipinski definition) is 1. The zero-order chi connectivity index (χ0) is 23.9. The highest BCUT2D eigenvalue weighted by atomic mass is 32.1. The molecule has 0 bridgehead atoms. The molecule has 0 fully saturated rings. The highest BCUT2D eigenvalue weighted by molar-refractivity contribution is 7.18. The van der Waals surface area contributed by atoms with Crippen LogP contribution >= 0.6 is 11.3 Å². The molecule has 0 atom stereocenters. The molecule has 5 rings (SSSR count). The number of aromatic nitrogens is 2. The second-order valence-corrected chi connectivity index (χ2v) is 11.0. The normalized spacial score (nSPS) is 13.6. The van der Waals surface area contributed by atoms with E-state index in [9.17, 15) is 4.79 Å². The van der Waals surface area contributed by atoms with E-state index in [4.69, 9.17) is 14.5 Å². The monoisotopic (exact) mass is 474 g/mol. The van der Waals surface area contributed by atoms with Gasteiger partial charge in [-0.2, -0.15) is 0 Å². The number of ether oxygens (including phenoxy) is 2. The maximum Gasteiger partial charge on any atom is 0.260 e. The van der Waals surface area contributed by atoms with Crippen LogP contribution in [0.3, 0.4) is 0 Å². The van der Waals surface area contributed by atoms with Gasteiger partial charge in [0, 0.05) is 10.4 Å². The first-order chi connectivity index (χ1) is 16.3. The maximum atomic E-state index is 12.9. The standard InChI is InChI=1S/C28H30N2O3S/c1-28(2,3)19-12-9-17(10-13-19)16-33-21-14-11-18(15-22(21)32-4)25-29-26(31)24-20-7-5-6-8-23(20)34-27(24)30-25/h9-15H,5-8,16H2,1-4H3,(H,29,30,31). The van der Waals surface area contributed by atoms with Crippen LogP contribution in [0.1, 0.15) is 55.2 Å². The van der Waals surface area contributed by atoms with Crippen molar-refractivity contribution < 1.29 is 9.47 Å². The summed E-state index contributed by atoms with van der Waals surface area (Å²) >= 11 is 1.66. The molecule has 2 aromatic carbocycles. The Kier molecular flexibility index (Phi) is 5.94. The van der Waals surface area contributed by atoms with Crippen LogP contribution in [0.25, 0.3) is 21.6 Å². The predicted octanol–water partition coefficient (Wildman–Crippen LogP) is 6.42. The van der Waals surface area contributed by atoms with Crippen molar-refractivity contribution in [2.75, 3.05) is 7.11 Å². The zero-order valence-electron chi connectivity index (χ0n) is 20.2.